The van der Waals surface area contributed by atoms with Gasteiger partial charge in [-0.05, 0) is 61.2 Å². The van der Waals surface area contributed by atoms with Gasteiger partial charge in [-0.25, -0.2) is 0 Å². The number of amides is 2. The molecule has 0 radical (unpaired) electrons. The predicted octanol–water partition coefficient (Wildman–Crippen LogP) is 4.00. The molecule has 1 fully saturated rings. The van der Waals surface area contributed by atoms with Gasteiger partial charge < -0.3 is 15.4 Å². The molecule has 0 bridgehead atoms. The van der Waals surface area contributed by atoms with Crippen LogP contribution in [0.3, 0.4) is 0 Å². The van der Waals surface area contributed by atoms with Crippen molar-refractivity contribution in [2.75, 3.05) is 26.2 Å². The van der Waals surface area contributed by atoms with Crippen molar-refractivity contribution in [2.24, 2.45) is 0 Å². The van der Waals surface area contributed by atoms with E-state index in [4.69, 9.17) is 4.74 Å². The fourth-order valence-electron chi connectivity index (χ4n) is 3.78. The Hall–Kier alpha value is -3.07. The molecule has 1 aliphatic heterocycles. The van der Waals surface area contributed by atoms with Crippen molar-refractivity contribution in [1.29, 1.82) is 0 Å². The molecule has 2 aromatic carbocycles. The van der Waals surface area contributed by atoms with E-state index in [-0.39, 0.29) is 17.9 Å². The van der Waals surface area contributed by atoms with Gasteiger partial charge in [0.2, 0.25) is 5.91 Å². The number of likely N-dealkylation sites (tertiary alicyclic amines) is 1. The third-order valence-corrected chi connectivity index (χ3v) is 5.65. The fraction of sp³-hybridized carbons (Fsp3) is 0.440. The molecule has 9 heteroatoms. The molecule has 34 heavy (non-hydrogen) atoms. The van der Waals surface area contributed by atoms with Crippen molar-refractivity contribution in [1.82, 2.24) is 15.5 Å². The first-order chi connectivity index (χ1) is 16.2. The number of ether oxygens (including phenoxy) is 1. The molecule has 2 amide bonds. The van der Waals surface area contributed by atoms with Crippen LogP contribution in [-0.4, -0.2) is 49.0 Å². The number of hydrogen-bond donors (Lipinski definition) is 2. The Morgan fingerprint density at radius 1 is 0.971 bits per heavy atom. The zero-order valence-electron chi connectivity index (χ0n) is 19.2. The van der Waals surface area contributed by atoms with Crippen molar-refractivity contribution in [3.05, 3.63) is 65.2 Å². The van der Waals surface area contributed by atoms with Crippen LogP contribution in [0.2, 0.25) is 0 Å². The molecule has 3 rings (SSSR count). The summed E-state index contributed by atoms with van der Waals surface area (Å²) in [5.41, 5.74) is 0.767. The third kappa shape index (κ3) is 8.06. The van der Waals surface area contributed by atoms with Crippen LogP contribution in [0.1, 0.15) is 47.7 Å². The number of alkyl halides is 3. The smallest absolute Gasteiger partial charge is 0.416 e. The molecular formula is C25H30F3N3O3. The molecule has 1 saturated heterocycles. The lowest BCUT2D eigenvalue weighted by atomic mass is 10.1. The van der Waals surface area contributed by atoms with E-state index in [0.717, 1.165) is 43.6 Å². The minimum absolute atomic E-state index is 0.0531. The van der Waals surface area contributed by atoms with Crippen LogP contribution in [0.15, 0.2) is 48.5 Å². The summed E-state index contributed by atoms with van der Waals surface area (Å²) < 4.78 is 44.2. The standard InChI is InChI=1S/C25H30F3N3O3/c1-18(32)29-13-2-14-30-24(33)20-5-9-22(10-6-20)34-23-11-15-31(16-12-23)17-19-3-7-21(8-4-19)25(26,27)28/h3-10,23H,2,11-17H2,1H3,(H,29,32)(H,30,33). The molecule has 2 aromatic rings. The van der Waals surface area contributed by atoms with Crippen LogP contribution in [0, 0.1) is 0 Å². The highest BCUT2D eigenvalue weighted by Gasteiger charge is 2.30. The summed E-state index contributed by atoms with van der Waals surface area (Å²) in [6.07, 6.45) is -1.97. The van der Waals surface area contributed by atoms with E-state index in [1.54, 1.807) is 24.3 Å². The molecule has 0 atom stereocenters. The maximum absolute atomic E-state index is 12.7. The number of carbonyl (C=O) groups excluding carboxylic acids is 2. The van der Waals surface area contributed by atoms with Crippen molar-refractivity contribution < 1.29 is 27.5 Å². The Bertz CT molecular complexity index is 939. The molecule has 184 valence electrons. The number of nitrogens with one attached hydrogen (secondary N) is 2. The van der Waals surface area contributed by atoms with E-state index < -0.39 is 11.7 Å². The fourth-order valence-corrected chi connectivity index (χ4v) is 3.78. The van der Waals surface area contributed by atoms with Crippen LogP contribution >= 0.6 is 0 Å². The van der Waals surface area contributed by atoms with Crippen LogP contribution in [0.25, 0.3) is 0 Å². The van der Waals surface area contributed by atoms with Gasteiger partial charge in [-0.1, -0.05) is 12.1 Å². The Morgan fingerprint density at radius 2 is 1.59 bits per heavy atom. The van der Waals surface area contributed by atoms with E-state index in [0.29, 0.717) is 37.4 Å². The highest BCUT2D eigenvalue weighted by Crippen LogP contribution is 2.29. The molecule has 1 heterocycles. The van der Waals surface area contributed by atoms with Gasteiger partial charge in [0.25, 0.3) is 5.91 Å². The van der Waals surface area contributed by atoms with Gasteiger partial charge in [-0.15, -0.1) is 0 Å². The summed E-state index contributed by atoms with van der Waals surface area (Å²) >= 11 is 0. The van der Waals surface area contributed by atoms with Crippen LogP contribution < -0.4 is 15.4 Å². The zero-order chi connectivity index (χ0) is 24.6. The Morgan fingerprint density at radius 3 is 2.18 bits per heavy atom. The highest BCUT2D eigenvalue weighted by atomic mass is 19.4. The lowest BCUT2D eigenvalue weighted by Crippen LogP contribution is -2.37. The summed E-state index contributed by atoms with van der Waals surface area (Å²) in [5, 5.41) is 5.50. The van der Waals surface area contributed by atoms with Crippen molar-refractivity contribution >= 4 is 11.8 Å². The third-order valence-electron chi connectivity index (χ3n) is 5.65. The maximum Gasteiger partial charge on any atom is 0.416 e. The van der Waals surface area contributed by atoms with Crippen LogP contribution in [0.4, 0.5) is 13.2 Å². The average Bonchev–Trinajstić information content (AvgIpc) is 2.80. The molecule has 0 aromatic heterocycles. The topological polar surface area (TPSA) is 70.7 Å². The van der Waals surface area contributed by atoms with E-state index in [1.165, 1.54) is 19.1 Å². The Kier molecular flexibility index (Phi) is 8.92. The van der Waals surface area contributed by atoms with Gasteiger partial charge >= 0.3 is 6.18 Å². The van der Waals surface area contributed by atoms with Crippen LogP contribution in [-0.2, 0) is 17.5 Å². The predicted molar refractivity (Wildman–Crippen MR) is 122 cm³/mol. The van der Waals surface area contributed by atoms with E-state index in [9.17, 15) is 22.8 Å². The number of hydrogen-bond acceptors (Lipinski definition) is 4. The van der Waals surface area contributed by atoms with Crippen molar-refractivity contribution in [3.8, 4) is 5.75 Å². The second kappa shape index (κ2) is 11.9. The minimum atomic E-state index is -4.31. The molecular weight excluding hydrogens is 447 g/mol. The normalized spacial score (nSPS) is 15.1. The van der Waals surface area contributed by atoms with Gasteiger partial charge in [0.05, 0.1) is 5.56 Å². The lowest BCUT2D eigenvalue weighted by molar-refractivity contribution is -0.137. The minimum Gasteiger partial charge on any atom is -0.490 e. The quantitative estimate of drug-likeness (QED) is 0.536. The monoisotopic (exact) mass is 477 g/mol. The summed E-state index contributed by atoms with van der Waals surface area (Å²) in [6, 6.07) is 12.3. The first kappa shape index (κ1) is 25.6. The van der Waals surface area contributed by atoms with E-state index >= 15 is 0 Å². The first-order valence-electron chi connectivity index (χ1n) is 11.4. The first-order valence-corrected chi connectivity index (χ1v) is 11.4. The summed E-state index contributed by atoms with van der Waals surface area (Å²) in [4.78, 5) is 25.2. The second-order valence-corrected chi connectivity index (χ2v) is 8.40. The lowest BCUT2D eigenvalue weighted by Gasteiger charge is -2.32. The van der Waals surface area contributed by atoms with Crippen molar-refractivity contribution in [2.45, 2.75) is 45.0 Å². The number of carbonyl (C=O) groups is 2. The Balaban J connectivity index is 1.38. The largest absolute Gasteiger partial charge is 0.490 e. The number of benzene rings is 2. The van der Waals surface area contributed by atoms with E-state index in [2.05, 4.69) is 15.5 Å². The summed E-state index contributed by atoms with van der Waals surface area (Å²) in [6.45, 7) is 4.65. The SMILES string of the molecule is CC(=O)NCCCNC(=O)c1ccc(OC2CCN(Cc3ccc(C(F)(F)F)cc3)CC2)cc1. The molecule has 0 saturated carbocycles. The summed E-state index contributed by atoms with van der Waals surface area (Å²) in [7, 11) is 0. The number of rotatable bonds is 9. The van der Waals surface area contributed by atoms with Gasteiger partial charge in [0.15, 0.2) is 0 Å². The van der Waals surface area contributed by atoms with Gasteiger partial charge in [0.1, 0.15) is 11.9 Å². The summed E-state index contributed by atoms with van der Waals surface area (Å²) in [5.74, 6) is 0.432. The van der Waals surface area contributed by atoms with Crippen molar-refractivity contribution in [3.63, 3.8) is 0 Å². The van der Waals surface area contributed by atoms with Crippen LogP contribution in [0.5, 0.6) is 5.75 Å². The zero-order valence-corrected chi connectivity index (χ0v) is 19.2. The molecule has 1 aliphatic rings. The molecule has 0 spiro atoms. The number of nitrogens with zero attached hydrogens (tertiary/aromatic N) is 1. The average molecular weight is 478 g/mol. The molecule has 6 nitrogen and oxygen atoms in total. The molecule has 0 unspecified atom stereocenters. The highest BCUT2D eigenvalue weighted by molar-refractivity contribution is 5.94. The van der Waals surface area contributed by atoms with Gasteiger partial charge in [-0.2, -0.15) is 13.2 Å². The van der Waals surface area contributed by atoms with Gasteiger partial charge in [-0.3, -0.25) is 14.5 Å². The number of halogens is 3. The molecule has 2 N–H and O–H groups in total. The van der Waals surface area contributed by atoms with E-state index in [1.807, 2.05) is 0 Å². The second-order valence-electron chi connectivity index (χ2n) is 8.40. The molecule has 0 aliphatic carbocycles. The number of piperidine rings is 1. The Labute approximate surface area is 197 Å². The van der Waals surface area contributed by atoms with Gasteiger partial charge in [0, 0.05) is 45.2 Å². The maximum atomic E-state index is 12.7.